The fourth-order valence-electron chi connectivity index (χ4n) is 3.07. The summed E-state index contributed by atoms with van der Waals surface area (Å²) in [6, 6.07) is 12.4. The molecule has 0 atom stereocenters. The molecule has 0 aliphatic rings. The van der Waals surface area contributed by atoms with E-state index in [1.54, 1.807) is 25.9 Å². The molecule has 0 saturated heterocycles. The van der Waals surface area contributed by atoms with Gasteiger partial charge < -0.3 is 14.7 Å². The number of nitrogens with zero attached hydrogens (tertiary/aromatic N) is 2. The van der Waals surface area contributed by atoms with Gasteiger partial charge in [-0.15, -0.1) is 0 Å². The second kappa shape index (κ2) is 8.72. The van der Waals surface area contributed by atoms with Crippen molar-refractivity contribution >= 4 is 16.7 Å². The van der Waals surface area contributed by atoms with E-state index in [-0.39, 0.29) is 11.9 Å². The second-order valence-corrected chi connectivity index (χ2v) is 8.11. The number of hydrogen-bond acceptors (Lipinski definition) is 4. The Morgan fingerprint density at radius 2 is 1.78 bits per heavy atom. The minimum absolute atomic E-state index is 0.0442. The van der Waals surface area contributed by atoms with E-state index >= 15 is 0 Å². The Bertz CT molecular complexity index is 781. The molecule has 0 fully saturated rings. The minimum atomic E-state index is -0.831. The zero-order valence-corrected chi connectivity index (χ0v) is 17.3. The Morgan fingerprint density at radius 1 is 1.15 bits per heavy atom. The third-order valence-corrected chi connectivity index (χ3v) is 4.62. The summed E-state index contributed by atoms with van der Waals surface area (Å²) in [6.07, 6.45) is 0. The molecule has 0 aliphatic carbocycles. The van der Waals surface area contributed by atoms with Crippen molar-refractivity contribution in [3.8, 4) is 5.75 Å². The molecule has 148 valence electrons. The van der Waals surface area contributed by atoms with Gasteiger partial charge in [-0.1, -0.05) is 18.2 Å². The first-order valence-electron chi connectivity index (χ1n) is 9.36. The largest absolute Gasteiger partial charge is 0.497 e. The summed E-state index contributed by atoms with van der Waals surface area (Å²) >= 11 is 0. The quantitative estimate of drug-likeness (QED) is 0.773. The standard InChI is InChI=1S/C22H32N2O3/c1-16(2)24(15-22(3,4)26)14-21(25)23(5)13-17-7-8-19-12-20(27-6)10-9-18(19)11-17/h7-12,16,26H,13-15H2,1-6H3. The summed E-state index contributed by atoms with van der Waals surface area (Å²) < 4.78 is 5.26. The van der Waals surface area contributed by atoms with Gasteiger partial charge in [0, 0.05) is 26.2 Å². The maximum absolute atomic E-state index is 12.7. The fourth-order valence-corrected chi connectivity index (χ4v) is 3.07. The molecule has 0 unspecified atom stereocenters. The molecule has 5 nitrogen and oxygen atoms in total. The number of fused-ring (bicyclic) bond motifs is 1. The summed E-state index contributed by atoms with van der Waals surface area (Å²) in [6.45, 7) is 8.91. The molecule has 2 aromatic rings. The third-order valence-electron chi connectivity index (χ3n) is 4.62. The van der Waals surface area contributed by atoms with Crippen LogP contribution in [0.4, 0.5) is 0 Å². The molecule has 1 N–H and O–H groups in total. The minimum Gasteiger partial charge on any atom is -0.497 e. The Morgan fingerprint density at radius 3 is 2.37 bits per heavy atom. The van der Waals surface area contributed by atoms with E-state index in [9.17, 15) is 9.90 Å². The van der Waals surface area contributed by atoms with Gasteiger partial charge in [-0.05, 0) is 62.2 Å². The van der Waals surface area contributed by atoms with E-state index in [1.165, 1.54) is 0 Å². The molecule has 2 rings (SSSR count). The number of rotatable bonds is 8. The number of carbonyl (C=O) groups excluding carboxylic acids is 1. The lowest BCUT2D eigenvalue weighted by Gasteiger charge is -2.32. The number of methoxy groups -OCH3 is 1. The Hall–Kier alpha value is -2.11. The van der Waals surface area contributed by atoms with Crippen LogP contribution in [0.5, 0.6) is 5.75 Å². The molecule has 1 amide bonds. The average Bonchev–Trinajstić information content (AvgIpc) is 2.59. The molecule has 0 aromatic heterocycles. The van der Waals surface area contributed by atoms with Crippen molar-refractivity contribution < 1.29 is 14.6 Å². The lowest BCUT2D eigenvalue weighted by atomic mass is 10.1. The second-order valence-electron chi connectivity index (χ2n) is 8.11. The molecule has 0 saturated carbocycles. The van der Waals surface area contributed by atoms with Gasteiger partial charge in [0.2, 0.25) is 5.91 Å². The van der Waals surface area contributed by atoms with Gasteiger partial charge in [0.25, 0.3) is 0 Å². The highest BCUT2D eigenvalue weighted by Crippen LogP contribution is 2.22. The van der Waals surface area contributed by atoms with E-state index in [4.69, 9.17) is 4.74 Å². The molecule has 0 radical (unpaired) electrons. The molecule has 0 aliphatic heterocycles. The van der Waals surface area contributed by atoms with Crippen LogP contribution in [0, 0.1) is 0 Å². The lowest BCUT2D eigenvalue weighted by Crippen LogP contribution is -2.47. The van der Waals surface area contributed by atoms with Crippen LogP contribution in [-0.2, 0) is 11.3 Å². The van der Waals surface area contributed by atoms with Gasteiger partial charge in [0.1, 0.15) is 5.75 Å². The molecule has 5 heteroatoms. The van der Waals surface area contributed by atoms with Crippen LogP contribution in [0.15, 0.2) is 36.4 Å². The first kappa shape index (κ1) is 21.2. The molecule has 0 heterocycles. The van der Waals surface area contributed by atoms with Crippen LogP contribution >= 0.6 is 0 Å². The van der Waals surface area contributed by atoms with Crippen molar-refractivity contribution in [1.29, 1.82) is 0 Å². The number of ether oxygens (including phenoxy) is 1. The maximum Gasteiger partial charge on any atom is 0.236 e. The van der Waals surface area contributed by atoms with Gasteiger partial charge >= 0.3 is 0 Å². The summed E-state index contributed by atoms with van der Waals surface area (Å²) in [4.78, 5) is 16.4. The SMILES string of the molecule is COc1ccc2cc(CN(C)C(=O)CN(CC(C)(C)O)C(C)C)ccc2c1. The molecular weight excluding hydrogens is 340 g/mol. The molecule has 0 spiro atoms. The Kier molecular flexibility index (Phi) is 6.84. The Labute approximate surface area is 162 Å². The maximum atomic E-state index is 12.7. The van der Waals surface area contributed by atoms with E-state index in [0.717, 1.165) is 22.1 Å². The first-order valence-corrected chi connectivity index (χ1v) is 9.36. The van der Waals surface area contributed by atoms with Crippen molar-refractivity contribution in [2.45, 2.75) is 45.9 Å². The smallest absolute Gasteiger partial charge is 0.236 e. The van der Waals surface area contributed by atoms with Crippen molar-refractivity contribution in [3.63, 3.8) is 0 Å². The van der Waals surface area contributed by atoms with Crippen molar-refractivity contribution in [2.24, 2.45) is 0 Å². The zero-order valence-electron chi connectivity index (χ0n) is 17.3. The number of benzene rings is 2. The van der Waals surface area contributed by atoms with Crippen LogP contribution in [0.25, 0.3) is 10.8 Å². The molecule has 2 aromatic carbocycles. The van der Waals surface area contributed by atoms with Crippen LogP contribution in [0.2, 0.25) is 0 Å². The van der Waals surface area contributed by atoms with Gasteiger partial charge in [0.15, 0.2) is 0 Å². The highest BCUT2D eigenvalue weighted by molar-refractivity contribution is 5.84. The molecule has 0 bridgehead atoms. The van der Waals surface area contributed by atoms with Crippen LogP contribution in [0.3, 0.4) is 0 Å². The van der Waals surface area contributed by atoms with Crippen LogP contribution < -0.4 is 4.74 Å². The number of amides is 1. The highest BCUT2D eigenvalue weighted by Gasteiger charge is 2.23. The third kappa shape index (κ3) is 6.22. The predicted molar refractivity (Wildman–Crippen MR) is 110 cm³/mol. The zero-order chi connectivity index (χ0) is 20.2. The molecular formula is C22H32N2O3. The van der Waals surface area contributed by atoms with Gasteiger partial charge in [0.05, 0.1) is 19.3 Å². The van der Waals surface area contributed by atoms with Gasteiger partial charge in [-0.2, -0.15) is 0 Å². The van der Waals surface area contributed by atoms with Crippen molar-refractivity contribution in [1.82, 2.24) is 9.80 Å². The summed E-state index contributed by atoms with van der Waals surface area (Å²) in [5.74, 6) is 0.880. The molecule has 27 heavy (non-hydrogen) atoms. The van der Waals surface area contributed by atoms with Crippen molar-refractivity contribution in [3.05, 3.63) is 42.0 Å². The monoisotopic (exact) mass is 372 g/mol. The highest BCUT2D eigenvalue weighted by atomic mass is 16.5. The number of carbonyl (C=O) groups is 1. The van der Waals surface area contributed by atoms with Crippen LogP contribution in [-0.4, -0.2) is 59.7 Å². The van der Waals surface area contributed by atoms with E-state index in [2.05, 4.69) is 12.1 Å². The fraction of sp³-hybridized carbons (Fsp3) is 0.500. The number of likely N-dealkylation sites (N-methyl/N-ethyl adjacent to an activating group) is 1. The number of hydrogen-bond donors (Lipinski definition) is 1. The first-order chi connectivity index (χ1) is 12.6. The van der Waals surface area contributed by atoms with E-state index in [0.29, 0.717) is 19.6 Å². The summed E-state index contributed by atoms with van der Waals surface area (Å²) in [7, 11) is 3.48. The number of aliphatic hydroxyl groups is 1. The van der Waals surface area contributed by atoms with E-state index in [1.807, 2.05) is 50.1 Å². The predicted octanol–water partition coefficient (Wildman–Crippen LogP) is 3.29. The Balaban J connectivity index is 2.05. The lowest BCUT2D eigenvalue weighted by molar-refractivity contribution is -0.132. The topological polar surface area (TPSA) is 53.0 Å². The normalized spacial score (nSPS) is 12.0. The van der Waals surface area contributed by atoms with Crippen molar-refractivity contribution in [2.75, 3.05) is 27.2 Å². The summed E-state index contributed by atoms with van der Waals surface area (Å²) in [5.41, 5.74) is 0.254. The van der Waals surface area contributed by atoms with E-state index < -0.39 is 5.60 Å². The van der Waals surface area contributed by atoms with Crippen LogP contribution in [0.1, 0.15) is 33.3 Å². The van der Waals surface area contributed by atoms with Gasteiger partial charge in [-0.3, -0.25) is 9.69 Å². The van der Waals surface area contributed by atoms with Gasteiger partial charge in [-0.25, -0.2) is 0 Å². The summed E-state index contributed by atoms with van der Waals surface area (Å²) in [5, 5.41) is 12.3. The average molecular weight is 373 g/mol.